The molecule has 0 aliphatic carbocycles. The third-order valence-electron chi connectivity index (χ3n) is 5.54. The molecule has 6 nitrogen and oxygen atoms in total. The van der Waals surface area contributed by atoms with E-state index in [9.17, 15) is 9.59 Å². The first-order valence-electron chi connectivity index (χ1n) is 10.1. The standard InChI is InChI=1S/C23H28N4O2/c1-3-11-26-22(29)23(10-7-12-27(16-23)21(28)4-2)13-18-8-5-6-9-20(18)19-14-24-17-25-15-19/h3,5-6,8-9,14-15,17H,1,4,7,10-13,16H2,2H3,(H,26,29)/t23-/m1/s1. The normalized spacial score (nSPS) is 18.9. The van der Waals surface area contributed by atoms with Crippen molar-refractivity contribution < 1.29 is 9.59 Å². The zero-order valence-corrected chi connectivity index (χ0v) is 16.9. The van der Waals surface area contributed by atoms with Crippen LogP contribution < -0.4 is 5.32 Å². The van der Waals surface area contributed by atoms with E-state index in [4.69, 9.17) is 0 Å². The minimum absolute atomic E-state index is 0.0230. The number of piperidine rings is 1. The molecule has 0 radical (unpaired) electrons. The smallest absolute Gasteiger partial charge is 0.228 e. The van der Waals surface area contributed by atoms with Crippen LogP contribution in [0.5, 0.6) is 0 Å². The second-order valence-electron chi connectivity index (χ2n) is 7.51. The monoisotopic (exact) mass is 392 g/mol. The SMILES string of the molecule is C=CCNC(=O)[C@@]1(Cc2ccccc2-c2cncnc2)CCCN(C(=O)CC)C1. The van der Waals surface area contributed by atoms with E-state index < -0.39 is 5.41 Å². The van der Waals surface area contributed by atoms with Gasteiger partial charge in [0, 0.05) is 44.0 Å². The minimum Gasteiger partial charge on any atom is -0.352 e. The average Bonchev–Trinajstić information content (AvgIpc) is 2.78. The molecular formula is C23H28N4O2. The molecule has 152 valence electrons. The fourth-order valence-corrected chi connectivity index (χ4v) is 4.09. The van der Waals surface area contributed by atoms with Crippen molar-refractivity contribution in [3.05, 3.63) is 61.2 Å². The van der Waals surface area contributed by atoms with Crippen molar-refractivity contribution in [3.63, 3.8) is 0 Å². The summed E-state index contributed by atoms with van der Waals surface area (Å²) in [6.45, 7) is 7.12. The van der Waals surface area contributed by atoms with Crippen LogP contribution >= 0.6 is 0 Å². The summed E-state index contributed by atoms with van der Waals surface area (Å²) in [7, 11) is 0. The van der Waals surface area contributed by atoms with Gasteiger partial charge in [0.2, 0.25) is 11.8 Å². The van der Waals surface area contributed by atoms with Crippen LogP contribution in [0.4, 0.5) is 0 Å². The first-order chi connectivity index (χ1) is 14.1. The molecule has 3 rings (SSSR count). The number of amides is 2. The molecular weight excluding hydrogens is 364 g/mol. The Bertz CT molecular complexity index is 868. The molecule has 0 bridgehead atoms. The van der Waals surface area contributed by atoms with Gasteiger partial charge in [-0.15, -0.1) is 6.58 Å². The molecule has 2 aromatic rings. The summed E-state index contributed by atoms with van der Waals surface area (Å²) in [6.07, 6.45) is 9.29. The number of rotatable bonds is 7. The highest BCUT2D eigenvalue weighted by Crippen LogP contribution is 2.37. The van der Waals surface area contributed by atoms with Crippen molar-refractivity contribution in [1.82, 2.24) is 20.2 Å². The second-order valence-corrected chi connectivity index (χ2v) is 7.51. The van der Waals surface area contributed by atoms with Crippen LogP contribution in [0, 0.1) is 5.41 Å². The van der Waals surface area contributed by atoms with Crippen LogP contribution in [0.3, 0.4) is 0 Å². The number of carbonyl (C=O) groups is 2. The van der Waals surface area contributed by atoms with Crippen LogP contribution in [0.15, 0.2) is 55.6 Å². The Morgan fingerprint density at radius 3 is 2.76 bits per heavy atom. The van der Waals surface area contributed by atoms with Gasteiger partial charge in [0.05, 0.1) is 5.41 Å². The molecule has 1 N–H and O–H groups in total. The Morgan fingerprint density at radius 2 is 2.03 bits per heavy atom. The molecule has 1 aliphatic rings. The number of aromatic nitrogens is 2. The van der Waals surface area contributed by atoms with E-state index >= 15 is 0 Å². The fourth-order valence-electron chi connectivity index (χ4n) is 4.09. The Kier molecular flexibility index (Phi) is 6.75. The van der Waals surface area contributed by atoms with Crippen LogP contribution in [-0.4, -0.2) is 46.3 Å². The van der Waals surface area contributed by atoms with Gasteiger partial charge in [0.25, 0.3) is 0 Å². The van der Waals surface area contributed by atoms with Crippen molar-refractivity contribution in [2.45, 2.75) is 32.6 Å². The number of nitrogens with zero attached hydrogens (tertiary/aromatic N) is 3. The molecule has 1 aliphatic heterocycles. The summed E-state index contributed by atoms with van der Waals surface area (Å²) >= 11 is 0. The lowest BCUT2D eigenvalue weighted by atomic mass is 9.73. The maximum absolute atomic E-state index is 13.3. The lowest BCUT2D eigenvalue weighted by molar-refractivity contribution is -0.141. The van der Waals surface area contributed by atoms with E-state index in [-0.39, 0.29) is 11.8 Å². The van der Waals surface area contributed by atoms with Crippen LogP contribution in [0.25, 0.3) is 11.1 Å². The minimum atomic E-state index is -0.669. The molecule has 2 amide bonds. The van der Waals surface area contributed by atoms with Gasteiger partial charge >= 0.3 is 0 Å². The Hall–Kier alpha value is -3.02. The maximum Gasteiger partial charge on any atom is 0.228 e. The second kappa shape index (κ2) is 9.45. The van der Waals surface area contributed by atoms with Gasteiger partial charge in [-0.25, -0.2) is 9.97 Å². The first kappa shape index (κ1) is 20.7. The van der Waals surface area contributed by atoms with Gasteiger partial charge < -0.3 is 10.2 Å². The Balaban J connectivity index is 1.97. The zero-order valence-electron chi connectivity index (χ0n) is 16.9. The van der Waals surface area contributed by atoms with E-state index in [2.05, 4.69) is 21.9 Å². The van der Waals surface area contributed by atoms with Crippen molar-refractivity contribution in [1.29, 1.82) is 0 Å². The van der Waals surface area contributed by atoms with E-state index in [1.54, 1.807) is 18.5 Å². The molecule has 2 heterocycles. The molecule has 0 unspecified atom stereocenters. The lowest BCUT2D eigenvalue weighted by Gasteiger charge is -2.42. The Morgan fingerprint density at radius 1 is 1.28 bits per heavy atom. The van der Waals surface area contributed by atoms with Gasteiger partial charge in [0.15, 0.2) is 0 Å². The highest BCUT2D eigenvalue weighted by molar-refractivity contribution is 5.85. The van der Waals surface area contributed by atoms with Gasteiger partial charge in [-0.2, -0.15) is 0 Å². The van der Waals surface area contributed by atoms with Gasteiger partial charge in [0.1, 0.15) is 6.33 Å². The average molecular weight is 393 g/mol. The zero-order chi connectivity index (χ0) is 20.7. The number of nitrogens with one attached hydrogen (secondary N) is 1. The van der Waals surface area contributed by atoms with E-state index in [0.717, 1.165) is 29.5 Å². The number of likely N-dealkylation sites (tertiary alicyclic amines) is 1. The highest BCUT2D eigenvalue weighted by Gasteiger charge is 2.43. The molecule has 1 fully saturated rings. The fraction of sp³-hybridized carbons (Fsp3) is 0.391. The van der Waals surface area contributed by atoms with Crippen molar-refractivity contribution in [2.75, 3.05) is 19.6 Å². The molecule has 0 spiro atoms. The summed E-state index contributed by atoms with van der Waals surface area (Å²) in [5.74, 6) is 0.0699. The van der Waals surface area contributed by atoms with Gasteiger partial charge in [-0.05, 0) is 30.4 Å². The number of benzene rings is 1. The van der Waals surface area contributed by atoms with Crippen LogP contribution in [0.2, 0.25) is 0 Å². The molecule has 1 aromatic carbocycles. The molecule has 6 heteroatoms. The van der Waals surface area contributed by atoms with E-state index in [1.165, 1.54) is 6.33 Å². The predicted octanol–water partition coefficient (Wildman–Crippen LogP) is 3.01. The van der Waals surface area contributed by atoms with Crippen molar-refractivity contribution >= 4 is 11.8 Å². The topological polar surface area (TPSA) is 75.2 Å². The molecule has 0 saturated carbocycles. The third kappa shape index (κ3) is 4.70. The molecule has 1 saturated heterocycles. The first-order valence-corrected chi connectivity index (χ1v) is 10.1. The number of hydrogen-bond donors (Lipinski definition) is 1. The van der Waals surface area contributed by atoms with E-state index in [0.29, 0.717) is 32.5 Å². The summed E-state index contributed by atoms with van der Waals surface area (Å²) in [5.41, 5.74) is 2.32. The maximum atomic E-state index is 13.3. The molecule has 1 aromatic heterocycles. The molecule has 29 heavy (non-hydrogen) atoms. The van der Waals surface area contributed by atoms with Crippen molar-refractivity contribution in [3.8, 4) is 11.1 Å². The van der Waals surface area contributed by atoms with Gasteiger partial charge in [-0.1, -0.05) is 37.3 Å². The lowest BCUT2D eigenvalue weighted by Crippen LogP contribution is -2.54. The number of hydrogen-bond acceptors (Lipinski definition) is 4. The summed E-state index contributed by atoms with van der Waals surface area (Å²) in [4.78, 5) is 35.8. The van der Waals surface area contributed by atoms with Crippen molar-refractivity contribution in [2.24, 2.45) is 5.41 Å². The summed E-state index contributed by atoms with van der Waals surface area (Å²) < 4.78 is 0. The quantitative estimate of drug-likeness (QED) is 0.735. The third-order valence-corrected chi connectivity index (χ3v) is 5.54. The van der Waals surface area contributed by atoms with Crippen LogP contribution in [-0.2, 0) is 16.0 Å². The largest absolute Gasteiger partial charge is 0.352 e. The summed E-state index contributed by atoms with van der Waals surface area (Å²) in [5, 5.41) is 2.98. The predicted molar refractivity (Wildman–Crippen MR) is 113 cm³/mol. The highest BCUT2D eigenvalue weighted by atomic mass is 16.2. The number of carbonyl (C=O) groups excluding carboxylic acids is 2. The Labute approximate surface area is 172 Å². The van der Waals surface area contributed by atoms with Gasteiger partial charge in [-0.3, -0.25) is 9.59 Å². The molecule has 1 atom stereocenters. The van der Waals surface area contributed by atoms with E-state index in [1.807, 2.05) is 36.1 Å². The van der Waals surface area contributed by atoms with Crippen LogP contribution in [0.1, 0.15) is 31.7 Å². The summed E-state index contributed by atoms with van der Waals surface area (Å²) in [6, 6.07) is 8.03.